The van der Waals surface area contributed by atoms with E-state index in [2.05, 4.69) is 24.2 Å². The first-order chi connectivity index (χ1) is 29.7. The highest BCUT2D eigenvalue weighted by Gasteiger charge is 2.44. The monoisotopic (exact) mass is 828 g/mol. The van der Waals surface area contributed by atoms with Gasteiger partial charge in [0.25, 0.3) is 0 Å². The Kier molecular flexibility index (Phi) is 18.3. The molecule has 10 heteroatoms. The topological polar surface area (TPSA) is 130 Å². The molecule has 1 aliphatic carbocycles. The van der Waals surface area contributed by atoms with Crippen LogP contribution in [-0.4, -0.2) is 48.1 Å². The van der Waals surface area contributed by atoms with Crippen molar-refractivity contribution in [2.75, 3.05) is 13.2 Å². The van der Waals surface area contributed by atoms with Crippen molar-refractivity contribution in [1.82, 2.24) is 0 Å². The minimum absolute atomic E-state index is 0.191. The second kappa shape index (κ2) is 24.0. The quantitative estimate of drug-likeness (QED) is 0.0201. The van der Waals surface area contributed by atoms with E-state index in [1.54, 1.807) is 12.1 Å². The fourth-order valence-corrected chi connectivity index (χ4v) is 7.87. The van der Waals surface area contributed by atoms with Crippen LogP contribution in [0.25, 0.3) is 11.1 Å². The highest BCUT2D eigenvalue weighted by Crippen LogP contribution is 2.53. The zero-order chi connectivity index (χ0) is 43.5. The van der Waals surface area contributed by atoms with Crippen LogP contribution < -0.4 is 0 Å². The molecule has 0 aromatic heterocycles. The lowest BCUT2D eigenvalue weighted by Crippen LogP contribution is -2.30. The molecule has 4 aromatic carbocycles. The van der Waals surface area contributed by atoms with Crippen LogP contribution in [0.2, 0.25) is 0 Å². The van der Waals surface area contributed by atoms with Gasteiger partial charge in [0.1, 0.15) is 11.4 Å². The molecule has 0 atom stereocenters. The minimum Gasteiger partial charge on any atom is -0.377 e. The third kappa shape index (κ3) is 13.2. The maximum absolute atomic E-state index is 14.3. The van der Waals surface area contributed by atoms with E-state index in [4.69, 9.17) is 19.1 Å². The first kappa shape index (κ1) is 46.5. The second-order valence-electron chi connectivity index (χ2n) is 15.7. The summed E-state index contributed by atoms with van der Waals surface area (Å²) in [6.45, 7) is 8.35. The highest BCUT2D eigenvalue weighted by atomic mass is 16.7. The number of nitrogens with zero attached hydrogens (tertiary/aromatic N) is 2. The van der Waals surface area contributed by atoms with Crippen LogP contribution in [0.15, 0.2) is 107 Å². The summed E-state index contributed by atoms with van der Waals surface area (Å²) < 4.78 is 12.7. The van der Waals surface area contributed by atoms with Crippen LogP contribution in [0, 0.1) is 0 Å². The number of ketones is 2. The number of oxime groups is 2. The van der Waals surface area contributed by atoms with E-state index in [1.165, 1.54) is 13.8 Å². The van der Waals surface area contributed by atoms with Crippen molar-refractivity contribution in [1.29, 1.82) is 0 Å². The van der Waals surface area contributed by atoms with Crippen LogP contribution in [0.5, 0.6) is 0 Å². The fourth-order valence-electron chi connectivity index (χ4n) is 7.87. The molecular weight excluding hydrogens is 769 g/mol. The Morgan fingerprint density at radius 1 is 0.525 bits per heavy atom. The number of ether oxygens (including phenoxy) is 2. The summed E-state index contributed by atoms with van der Waals surface area (Å²) in [5.74, 6) is -1.81. The van der Waals surface area contributed by atoms with Crippen LogP contribution in [0.4, 0.5) is 0 Å². The molecule has 4 aromatic rings. The summed E-state index contributed by atoms with van der Waals surface area (Å²) in [4.78, 5) is 62.4. The van der Waals surface area contributed by atoms with Gasteiger partial charge in [0.2, 0.25) is 11.6 Å². The zero-order valence-electron chi connectivity index (χ0n) is 36.2. The molecule has 0 bridgehead atoms. The lowest BCUT2D eigenvalue weighted by Gasteiger charge is -2.33. The van der Waals surface area contributed by atoms with Gasteiger partial charge in [-0.1, -0.05) is 148 Å². The number of fused-ring (bicyclic) bond motifs is 3. The number of hydrogen-bond acceptors (Lipinski definition) is 10. The number of benzene rings is 4. The SMILES string of the molecule is CCCCCC/C(=N\OC(C)=O)C(=O)c1ccc2c(c1)C(CCOCc1ccccc1)(CCOCc1ccccc1)c1cc(C(=O)/C(CCCCCC)=N/OC(C)=O)ccc1-2. The van der Waals surface area contributed by atoms with Crippen molar-refractivity contribution < 1.29 is 38.3 Å². The van der Waals surface area contributed by atoms with E-state index in [1.807, 2.05) is 84.9 Å². The van der Waals surface area contributed by atoms with Gasteiger partial charge in [-0.15, -0.1) is 0 Å². The summed E-state index contributed by atoms with van der Waals surface area (Å²) in [6.07, 6.45) is 9.19. The molecule has 5 rings (SSSR count). The van der Waals surface area contributed by atoms with E-state index >= 15 is 0 Å². The van der Waals surface area contributed by atoms with Crippen molar-refractivity contribution in [2.45, 2.75) is 123 Å². The summed E-state index contributed by atoms with van der Waals surface area (Å²) in [5, 5.41) is 8.10. The van der Waals surface area contributed by atoms with Gasteiger partial charge in [-0.3, -0.25) is 9.59 Å². The van der Waals surface area contributed by atoms with E-state index in [0.29, 0.717) is 63.2 Å². The van der Waals surface area contributed by atoms with Gasteiger partial charge < -0.3 is 19.1 Å². The number of carbonyl (C=O) groups is 4. The van der Waals surface area contributed by atoms with Crippen molar-refractivity contribution in [3.8, 4) is 11.1 Å². The summed E-state index contributed by atoms with van der Waals surface area (Å²) in [6, 6.07) is 31.4. The molecule has 0 saturated carbocycles. The number of carbonyl (C=O) groups excluding carboxylic acids is 4. The molecule has 0 aliphatic heterocycles. The van der Waals surface area contributed by atoms with Crippen LogP contribution in [0.1, 0.15) is 148 Å². The molecule has 0 spiro atoms. The number of rotatable bonds is 26. The van der Waals surface area contributed by atoms with Crippen molar-refractivity contribution in [3.05, 3.63) is 130 Å². The highest BCUT2D eigenvalue weighted by molar-refractivity contribution is 6.46. The molecule has 61 heavy (non-hydrogen) atoms. The standard InChI is InChI=1S/C51H60N2O8/c1-5-7-9-17-23-47(52-60-37(3)54)49(56)41-25-27-43-44-28-26-42(50(57)48(53-61-38(4)55)24-18-10-8-6-2)34-46(44)51(45(43)33-41,29-31-58-35-39-19-13-11-14-20-39)30-32-59-36-40-21-15-12-16-22-40/h11-16,19-22,25-28,33-34H,5-10,17-18,23-24,29-32,35-36H2,1-4H3/b52-47+,53-48+. The van der Waals surface area contributed by atoms with Crippen molar-refractivity contribution in [3.63, 3.8) is 0 Å². The average Bonchev–Trinajstić information content (AvgIpc) is 3.54. The van der Waals surface area contributed by atoms with Crippen LogP contribution in [-0.2, 0) is 47.4 Å². The van der Waals surface area contributed by atoms with Crippen LogP contribution >= 0.6 is 0 Å². The van der Waals surface area contributed by atoms with Crippen molar-refractivity contribution >= 4 is 34.9 Å². The lowest BCUT2D eigenvalue weighted by atomic mass is 9.72. The van der Waals surface area contributed by atoms with Gasteiger partial charge in [0.05, 0.1) is 13.2 Å². The summed E-state index contributed by atoms with van der Waals surface area (Å²) in [7, 11) is 0. The predicted molar refractivity (Wildman–Crippen MR) is 239 cm³/mol. The minimum atomic E-state index is -0.757. The number of hydrogen-bond donors (Lipinski definition) is 0. The van der Waals surface area contributed by atoms with Gasteiger partial charge in [-0.25, -0.2) is 9.59 Å². The Bertz CT molecular complexity index is 1990. The van der Waals surface area contributed by atoms with Gasteiger partial charge in [-0.2, -0.15) is 0 Å². The third-order valence-electron chi connectivity index (χ3n) is 11.1. The molecule has 0 saturated heterocycles. The Labute approximate surface area is 360 Å². The smallest absolute Gasteiger partial charge is 0.331 e. The first-order valence-electron chi connectivity index (χ1n) is 21.8. The van der Waals surface area contributed by atoms with E-state index in [0.717, 1.165) is 84.7 Å². The van der Waals surface area contributed by atoms with Gasteiger partial charge in [0.15, 0.2) is 0 Å². The molecule has 322 valence electrons. The molecule has 0 unspecified atom stereocenters. The summed E-state index contributed by atoms with van der Waals surface area (Å²) in [5.41, 5.74) is 6.27. The third-order valence-corrected chi connectivity index (χ3v) is 11.1. The van der Waals surface area contributed by atoms with E-state index in [9.17, 15) is 19.2 Å². The molecule has 0 N–H and O–H groups in total. The molecular formula is C51H60N2O8. The molecule has 0 amide bonds. The largest absolute Gasteiger partial charge is 0.377 e. The zero-order valence-corrected chi connectivity index (χ0v) is 36.2. The summed E-state index contributed by atoms with van der Waals surface area (Å²) >= 11 is 0. The lowest BCUT2D eigenvalue weighted by molar-refractivity contribution is -0.141. The second-order valence-corrected chi connectivity index (χ2v) is 15.7. The van der Waals surface area contributed by atoms with Gasteiger partial charge >= 0.3 is 11.9 Å². The Morgan fingerprint density at radius 3 is 1.31 bits per heavy atom. The normalized spacial score (nSPS) is 13.0. The van der Waals surface area contributed by atoms with Crippen LogP contribution in [0.3, 0.4) is 0 Å². The van der Waals surface area contributed by atoms with Gasteiger partial charge in [-0.05, 0) is 84.0 Å². The van der Waals surface area contributed by atoms with E-state index in [-0.39, 0.29) is 23.0 Å². The predicted octanol–water partition coefficient (Wildman–Crippen LogP) is 11.3. The fraction of sp³-hybridized carbons (Fsp3) is 0.412. The average molecular weight is 829 g/mol. The Morgan fingerprint density at radius 2 is 0.934 bits per heavy atom. The maximum Gasteiger partial charge on any atom is 0.331 e. The van der Waals surface area contributed by atoms with Gasteiger partial charge in [0, 0.05) is 43.6 Å². The Balaban J connectivity index is 1.59. The van der Waals surface area contributed by atoms with E-state index < -0.39 is 17.4 Å². The Hall–Kier alpha value is -5.58. The van der Waals surface area contributed by atoms with Crippen molar-refractivity contribution in [2.24, 2.45) is 10.3 Å². The number of Topliss-reactive ketones (excluding diaryl/α,β-unsaturated/α-hetero) is 2. The number of unbranched alkanes of at least 4 members (excludes halogenated alkanes) is 6. The molecule has 10 nitrogen and oxygen atoms in total. The molecule has 0 heterocycles. The maximum atomic E-state index is 14.3. The molecule has 1 aliphatic rings. The molecule has 0 fully saturated rings. The first-order valence-corrected chi connectivity index (χ1v) is 21.8. The molecule has 0 radical (unpaired) electrons.